The number of hydrogen-bond acceptors (Lipinski definition) is 3. The molecule has 3 nitrogen and oxygen atoms in total. The second-order valence-electron chi connectivity index (χ2n) is 5.99. The van der Waals surface area contributed by atoms with Crippen LogP contribution < -0.4 is 11.1 Å². The van der Waals surface area contributed by atoms with Crippen molar-refractivity contribution in [3.8, 4) is 0 Å². The average Bonchev–Trinajstić information content (AvgIpc) is 2.25. The van der Waals surface area contributed by atoms with E-state index in [1.54, 1.807) is 0 Å². The quantitative estimate of drug-likeness (QED) is 0.747. The van der Waals surface area contributed by atoms with Crippen LogP contribution in [-0.4, -0.2) is 42.2 Å². The molecule has 17 heavy (non-hydrogen) atoms. The van der Waals surface area contributed by atoms with Crippen LogP contribution in [0.5, 0.6) is 0 Å². The second kappa shape index (κ2) is 7.34. The van der Waals surface area contributed by atoms with E-state index >= 15 is 0 Å². The fraction of sp³-hybridized carbons (Fsp3) is 1.00. The standard InChI is InChI=1S/C14H31N3/c1-11(2)17(12(3)4)10-9-16-14-7-5-13(15)6-8-14/h11-14,16H,5-10,15H2,1-4H3. The molecule has 0 aromatic carbocycles. The van der Waals surface area contributed by atoms with Crippen LogP contribution in [0.15, 0.2) is 0 Å². The SMILES string of the molecule is CC(C)N(CCNC1CCC(N)CC1)C(C)C. The van der Waals surface area contributed by atoms with Crippen LogP contribution in [0.2, 0.25) is 0 Å². The number of hydrogen-bond donors (Lipinski definition) is 2. The Bertz CT molecular complexity index is 188. The highest BCUT2D eigenvalue weighted by atomic mass is 15.2. The Hall–Kier alpha value is -0.120. The minimum atomic E-state index is 0.455. The lowest BCUT2D eigenvalue weighted by atomic mass is 9.92. The van der Waals surface area contributed by atoms with Crippen molar-refractivity contribution in [3.05, 3.63) is 0 Å². The van der Waals surface area contributed by atoms with Gasteiger partial charge in [-0.25, -0.2) is 0 Å². The zero-order chi connectivity index (χ0) is 12.8. The van der Waals surface area contributed by atoms with Crippen molar-refractivity contribution in [2.45, 2.75) is 77.5 Å². The van der Waals surface area contributed by atoms with Crippen molar-refractivity contribution in [2.75, 3.05) is 13.1 Å². The van der Waals surface area contributed by atoms with Crippen LogP contribution in [0.3, 0.4) is 0 Å². The third-order valence-electron chi connectivity index (χ3n) is 3.90. The summed E-state index contributed by atoms with van der Waals surface area (Å²) in [5.41, 5.74) is 5.92. The maximum atomic E-state index is 5.92. The molecular weight excluding hydrogens is 210 g/mol. The van der Waals surface area contributed by atoms with E-state index in [1.807, 2.05) is 0 Å². The fourth-order valence-corrected chi connectivity index (χ4v) is 2.83. The monoisotopic (exact) mass is 241 g/mol. The summed E-state index contributed by atoms with van der Waals surface area (Å²) in [5.74, 6) is 0. The summed E-state index contributed by atoms with van der Waals surface area (Å²) in [6, 6.07) is 2.43. The Morgan fingerprint density at radius 3 is 2.06 bits per heavy atom. The van der Waals surface area contributed by atoms with Gasteiger partial charge in [-0.05, 0) is 53.4 Å². The lowest BCUT2D eigenvalue weighted by Gasteiger charge is -2.32. The van der Waals surface area contributed by atoms with Gasteiger partial charge in [-0.1, -0.05) is 0 Å². The molecule has 1 rings (SSSR count). The van der Waals surface area contributed by atoms with E-state index < -0.39 is 0 Å². The van der Waals surface area contributed by atoms with Gasteiger partial charge < -0.3 is 11.1 Å². The zero-order valence-electron chi connectivity index (χ0n) is 12.1. The highest BCUT2D eigenvalue weighted by molar-refractivity contribution is 4.79. The van der Waals surface area contributed by atoms with Crippen molar-refractivity contribution >= 4 is 0 Å². The first-order valence-electron chi connectivity index (χ1n) is 7.25. The van der Waals surface area contributed by atoms with Crippen LogP contribution >= 0.6 is 0 Å². The molecule has 1 saturated carbocycles. The third kappa shape index (κ3) is 5.36. The third-order valence-corrected chi connectivity index (χ3v) is 3.90. The Morgan fingerprint density at radius 2 is 1.59 bits per heavy atom. The number of nitrogens with zero attached hydrogens (tertiary/aromatic N) is 1. The Kier molecular flexibility index (Phi) is 6.45. The average molecular weight is 241 g/mol. The predicted octanol–water partition coefficient (Wildman–Crippen LogP) is 1.96. The molecule has 0 radical (unpaired) electrons. The maximum absolute atomic E-state index is 5.92. The predicted molar refractivity (Wildman–Crippen MR) is 75.2 cm³/mol. The Balaban J connectivity index is 2.18. The van der Waals surface area contributed by atoms with Gasteiger partial charge in [0.25, 0.3) is 0 Å². The minimum Gasteiger partial charge on any atom is -0.328 e. The number of nitrogens with two attached hydrogens (primary N) is 1. The summed E-state index contributed by atoms with van der Waals surface area (Å²) in [6.07, 6.45) is 4.89. The van der Waals surface area contributed by atoms with Gasteiger partial charge in [0, 0.05) is 37.3 Å². The fourth-order valence-electron chi connectivity index (χ4n) is 2.83. The summed E-state index contributed by atoms with van der Waals surface area (Å²) < 4.78 is 0. The highest BCUT2D eigenvalue weighted by Gasteiger charge is 2.18. The van der Waals surface area contributed by atoms with Gasteiger partial charge >= 0.3 is 0 Å². The van der Waals surface area contributed by atoms with Crippen molar-refractivity contribution in [1.82, 2.24) is 10.2 Å². The van der Waals surface area contributed by atoms with E-state index in [0.717, 1.165) is 13.1 Å². The van der Waals surface area contributed by atoms with Gasteiger partial charge in [-0.2, -0.15) is 0 Å². The van der Waals surface area contributed by atoms with Gasteiger partial charge in [-0.3, -0.25) is 4.90 Å². The van der Waals surface area contributed by atoms with E-state index in [1.165, 1.54) is 25.7 Å². The van der Waals surface area contributed by atoms with Crippen LogP contribution in [0.25, 0.3) is 0 Å². The van der Waals surface area contributed by atoms with E-state index in [0.29, 0.717) is 24.2 Å². The molecule has 0 aromatic heterocycles. The smallest absolute Gasteiger partial charge is 0.0112 e. The first-order chi connectivity index (χ1) is 8.00. The maximum Gasteiger partial charge on any atom is 0.0112 e. The van der Waals surface area contributed by atoms with Gasteiger partial charge in [-0.15, -0.1) is 0 Å². The molecule has 3 heteroatoms. The van der Waals surface area contributed by atoms with Crippen molar-refractivity contribution in [1.29, 1.82) is 0 Å². The largest absolute Gasteiger partial charge is 0.328 e. The molecule has 1 fully saturated rings. The van der Waals surface area contributed by atoms with Crippen molar-refractivity contribution in [2.24, 2.45) is 5.73 Å². The topological polar surface area (TPSA) is 41.3 Å². The summed E-state index contributed by atoms with van der Waals surface area (Å²) in [5, 5.41) is 3.69. The van der Waals surface area contributed by atoms with Gasteiger partial charge in [0.2, 0.25) is 0 Å². The lowest BCUT2D eigenvalue weighted by Crippen LogP contribution is -2.44. The normalized spacial score (nSPS) is 26.1. The first-order valence-corrected chi connectivity index (χ1v) is 7.25. The summed E-state index contributed by atoms with van der Waals surface area (Å²) in [7, 11) is 0. The zero-order valence-corrected chi connectivity index (χ0v) is 12.1. The van der Waals surface area contributed by atoms with E-state index in [9.17, 15) is 0 Å². The van der Waals surface area contributed by atoms with Crippen molar-refractivity contribution < 1.29 is 0 Å². The molecule has 0 bridgehead atoms. The Labute approximate surface area is 107 Å². The summed E-state index contributed by atoms with van der Waals surface area (Å²) in [4.78, 5) is 2.54. The van der Waals surface area contributed by atoms with Crippen molar-refractivity contribution in [3.63, 3.8) is 0 Å². The molecule has 0 unspecified atom stereocenters. The summed E-state index contributed by atoms with van der Waals surface area (Å²) in [6.45, 7) is 11.4. The van der Waals surface area contributed by atoms with Crippen LogP contribution in [0.4, 0.5) is 0 Å². The number of rotatable bonds is 6. The van der Waals surface area contributed by atoms with E-state index in [2.05, 4.69) is 37.9 Å². The Morgan fingerprint density at radius 1 is 1.06 bits per heavy atom. The molecule has 0 aliphatic heterocycles. The molecule has 0 saturated heterocycles. The molecule has 0 atom stereocenters. The molecule has 1 aliphatic carbocycles. The molecule has 1 aliphatic rings. The molecule has 0 heterocycles. The van der Waals surface area contributed by atoms with Gasteiger partial charge in [0.15, 0.2) is 0 Å². The second-order valence-corrected chi connectivity index (χ2v) is 5.99. The van der Waals surface area contributed by atoms with E-state index in [4.69, 9.17) is 5.73 Å². The molecule has 0 spiro atoms. The van der Waals surface area contributed by atoms with Crippen LogP contribution in [0, 0.1) is 0 Å². The van der Waals surface area contributed by atoms with Crippen LogP contribution in [-0.2, 0) is 0 Å². The highest BCUT2D eigenvalue weighted by Crippen LogP contribution is 2.16. The molecule has 102 valence electrons. The number of nitrogens with one attached hydrogen (secondary N) is 1. The molecular formula is C14H31N3. The lowest BCUT2D eigenvalue weighted by molar-refractivity contribution is 0.171. The molecule has 3 N–H and O–H groups in total. The van der Waals surface area contributed by atoms with Gasteiger partial charge in [0.05, 0.1) is 0 Å². The molecule has 0 aromatic rings. The minimum absolute atomic E-state index is 0.455. The van der Waals surface area contributed by atoms with Gasteiger partial charge in [0.1, 0.15) is 0 Å². The van der Waals surface area contributed by atoms with E-state index in [-0.39, 0.29) is 0 Å². The van der Waals surface area contributed by atoms with Crippen LogP contribution in [0.1, 0.15) is 53.4 Å². The molecule has 0 amide bonds. The summed E-state index contributed by atoms with van der Waals surface area (Å²) >= 11 is 0. The first kappa shape index (κ1) is 14.9.